The van der Waals surface area contributed by atoms with Gasteiger partial charge >= 0.3 is 0 Å². The number of hydrogen-bond acceptors (Lipinski definition) is 4. The zero-order valence-electron chi connectivity index (χ0n) is 10.5. The van der Waals surface area contributed by atoms with Crippen LogP contribution in [0.25, 0.3) is 0 Å². The van der Waals surface area contributed by atoms with Crippen LogP contribution in [0, 0.1) is 2.88 Å². The maximum Gasteiger partial charge on any atom is 0.255 e. The van der Waals surface area contributed by atoms with E-state index in [1.165, 1.54) is 4.88 Å². The Kier molecular flexibility index (Phi) is 5.80. The van der Waals surface area contributed by atoms with Crippen LogP contribution in [0.3, 0.4) is 0 Å². The van der Waals surface area contributed by atoms with Crippen molar-refractivity contribution >= 4 is 51.2 Å². The molecule has 0 aromatic carbocycles. The van der Waals surface area contributed by atoms with Crippen LogP contribution in [0.2, 0.25) is 0 Å². The summed E-state index contributed by atoms with van der Waals surface area (Å²) < 4.78 is 6.22. The highest BCUT2D eigenvalue weighted by molar-refractivity contribution is 14.1. The SMILES string of the molecule is COCCN(Cc1cccs1)C(=O)c1csc(I)c1. The first kappa shape index (κ1) is 15.0. The topological polar surface area (TPSA) is 29.5 Å². The molecule has 0 atom stereocenters. The summed E-state index contributed by atoms with van der Waals surface area (Å²) in [5.74, 6) is 0.0737. The van der Waals surface area contributed by atoms with Gasteiger partial charge in [0.1, 0.15) is 0 Å². The van der Waals surface area contributed by atoms with E-state index in [0.717, 1.165) is 8.45 Å². The van der Waals surface area contributed by atoms with Gasteiger partial charge in [-0.15, -0.1) is 22.7 Å². The molecule has 2 aromatic rings. The van der Waals surface area contributed by atoms with Crippen molar-refractivity contribution in [2.45, 2.75) is 6.54 Å². The van der Waals surface area contributed by atoms with Gasteiger partial charge in [0.15, 0.2) is 0 Å². The predicted molar refractivity (Wildman–Crippen MR) is 88.0 cm³/mol. The highest BCUT2D eigenvalue weighted by Crippen LogP contribution is 2.20. The van der Waals surface area contributed by atoms with Crippen molar-refractivity contribution in [3.8, 4) is 0 Å². The Bertz CT molecular complexity index is 524. The molecule has 19 heavy (non-hydrogen) atoms. The summed E-state index contributed by atoms with van der Waals surface area (Å²) in [4.78, 5) is 15.5. The second-order valence-electron chi connectivity index (χ2n) is 3.94. The Balaban J connectivity index is 2.10. The summed E-state index contributed by atoms with van der Waals surface area (Å²) in [5, 5.41) is 3.94. The Morgan fingerprint density at radius 2 is 2.32 bits per heavy atom. The smallest absolute Gasteiger partial charge is 0.255 e. The van der Waals surface area contributed by atoms with Gasteiger partial charge in [0.05, 0.1) is 21.6 Å². The minimum absolute atomic E-state index is 0.0737. The van der Waals surface area contributed by atoms with Crippen molar-refractivity contribution in [1.29, 1.82) is 0 Å². The fourth-order valence-corrected chi connectivity index (χ4v) is 3.69. The monoisotopic (exact) mass is 407 g/mol. The number of thiophene rings is 2. The molecule has 6 heteroatoms. The minimum atomic E-state index is 0.0737. The van der Waals surface area contributed by atoms with Crippen LogP contribution in [-0.4, -0.2) is 31.1 Å². The predicted octanol–water partition coefficient (Wildman–Crippen LogP) is 3.70. The van der Waals surface area contributed by atoms with Crippen LogP contribution < -0.4 is 0 Å². The second-order valence-corrected chi connectivity index (χ2v) is 7.78. The van der Waals surface area contributed by atoms with E-state index in [0.29, 0.717) is 19.7 Å². The summed E-state index contributed by atoms with van der Waals surface area (Å²) in [6, 6.07) is 5.99. The third kappa shape index (κ3) is 4.27. The van der Waals surface area contributed by atoms with Gasteiger partial charge in [-0.2, -0.15) is 0 Å². The standard InChI is InChI=1S/C13H14INO2S2/c1-17-5-4-15(8-11-3-2-6-18-11)13(16)10-7-12(14)19-9-10/h2-3,6-7,9H,4-5,8H2,1H3. The Labute approximate surface area is 134 Å². The van der Waals surface area contributed by atoms with E-state index >= 15 is 0 Å². The maximum atomic E-state index is 12.5. The first-order valence-electron chi connectivity index (χ1n) is 5.75. The van der Waals surface area contributed by atoms with Gasteiger partial charge < -0.3 is 9.64 Å². The average Bonchev–Trinajstić information content (AvgIpc) is 3.05. The van der Waals surface area contributed by atoms with Crippen molar-refractivity contribution in [3.05, 3.63) is 42.3 Å². The summed E-state index contributed by atoms with van der Waals surface area (Å²) in [5.41, 5.74) is 0.766. The molecule has 0 aliphatic rings. The molecule has 0 saturated carbocycles. The summed E-state index contributed by atoms with van der Waals surface area (Å²) in [6.07, 6.45) is 0. The fraction of sp³-hybridized carbons (Fsp3) is 0.308. The van der Waals surface area contributed by atoms with Gasteiger partial charge in [0, 0.05) is 23.9 Å². The molecular weight excluding hydrogens is 393 g/mol. The van der Waals surface area contributed by atoms with Gasteiger partial charge in [-0.3, -0.25) is 4.79 Å². The molecule has 0 aliphatic carbocycles. The van der Waals surface area contributed by atoms with E-state index in [1.54, 1.807) is 29.8 Å². The van der Waals surface area contributed by atoms with E-state index in [1.807, 2.05) is 27.8 Å². The van der Waals surface area contributed by atoms with Crippen molar-refractivity contribution < 1.29 is 9.53 Å². The number of nitrogens with zero attached hydrogens (tertiary/aromatic N) is 1. The average molecular weight is 407 g/mol. The second kappa shape index (κ2) is 7.37. The molecule has 2 aromatic heterocycles. The first-order valence-corrected chi connectivity index (χ1v) is 8.59. The van der Waals surface area contributed by atoms with Crippen LogP contribution in [0.15, 0.2) is 29.0 Å². The van der Waals surface area contributed by atoms with E-state index < -0.39 is 0 Å². The molecule has 3 nitrogen and oxygen atoms in total. The van der Waals surface area contributed by atoms with Gasteiger partial charge in [0.25, 0.3) is 5.91 Å². The summed E-state index contributed by atoms with van der Waals surface area (Å²) in [7, 11) is 1.65. The zero-order valence-corrected chi connectivity index (χ0v) is 14.3. The fourth-order valence-electron chi connectivity index (χ4n) is 1.65. The number of hydrogen-bond donors (Lipinski definition) is 0. The number of carbonyl (C=O) groups excluding carboxylic acids is 1. The molecule has 0 unspecified atom stereocenters. The first-order chi connectivity index (χ1) is 9.20. The Morgan fingerprint density at radius 1 is 1.47 bits per heavy atom. The molecule has 0 fully saturated rings. The minimum Gasteiger partial charge on any atom is -0.383 e. The van der Waals surface area contributed by atoms with Gasteiger partial charge in [-0.1, -0.05) is 6.07 Å². The molecule has 0 bridgehead atoms. The molecule has 102 valence electrons. The van der Waals surface area contributed by atoms with E-state index in [4.69, 9.17) is 4.74 Å². The molecule has 2 rings (SSSR count). The van der Waals surface area contributed by atoms with Crippen molar-refractivity contribution in [1.82, 2.24) is 4.90 Å². The number of amides is 1. The molecular formula is C13H14INO2S2. The van der Waals surface area contributed by atoms with E-state index in [9.17, 15) is 4.79 Å². The molecule has 1 amide bonds. The van der Waals surface area contributed by atoms with E-state index in [2.05, 4.69) is 28.7 Å². The Hall–Kier alpha value is -0.440. The molecule has 0 spiro atoms. The zero-order chi connectivity index (χ0) is 13.7. The van der Waals surface area contributed by atoms with Crippen LogP contribution >= 0.6 is 45.3 Å². The van der Waals surface area contributed by atoms with Gasteiger partial charge in [0.2, 0.25) is 0 Å². The van der Waals surface area contributed by atoms with E-state index in [-0.39, 0.29) is 5.91 Å². The van der Waals surface area contributed by atoms with Crippen molar-refractivity contribution in [3.63, 3.8) is 0 Å². The molecule has 0 N–H and O–H groups in total. The lowest BCUT2D eigenvalue weighted by Gasteiger charge is -2.21. The van der Waals surface area contributed by atoms with Crippen LogP contribution in [-0.2, 0) is 11.3 Å². The number of ether oxygens (including phenoxy) is 1. The summed E-state index contributed by atoms with van der Waals surface area (Å²) in [6.45, 7) is 1.81. The highest BCUT2D eigenvalue weighted by Gasteiger charge is 2.17. The molecule has 0 aliphatic heterocycles. The largest absolute Gasteiger partial charge is 0.383 e. The third-order valence-corrected chi connectivity index (χ3v) is 5.24. The van der Waals surface area contributed by atoms with Crippen LogP contribution in [0.5, 0.6) is 0 Å². The summed E-state index contributed by atoms with van der Waals surface area (Å²) >= 11 is 5.50. The number of rotatable bonds is 6. The lowest BCUT2D eigenvalue weighted by Crippen LogP contribution is -2.32. The quantitative estimate of drug-likeness (QED) is 0.684. The lowest BCUT2D eigenvalue weighted by molar-refractivity contribution is 0.0683. The van der Waals surface area contributed by atoms with Gasteiger partial charge in [-0.25, -0.2) is 0 Å². The maximum absolute atomic E-state index is 12.5. The molecule has 0 saturated heterocycles. The number of methoxy groups -OCH3 is 1. The highest BCUT2D eigenvalue weighted by atomic mass is 127. The lowest BCUT2D eigenvalue weighted by atomic mass is 10.3. The Morgan fingerprint density at radius 3 is 2.89 bits per heavy atom. The van der Waals surface area contributed by atoms with Crippen molar-refractivity contribution in [2.24, 2.45) is 0 Å². The molecule has 2 heterocycles. The number of halogens is 1. The molecule has 0 radical (unpaired) electrons. The third-order valence-electron chi connectivity index (χ3n) is 2.59. The van der Waals surface area contributed by atoms with Crippen LogP contribution in [0.4, 0.5) is 0 Å². The van der Waals surface area contributed by atoms with Crippen molar-refractivity contribution in [2.75, 3.05) is 20.3 Å². The van der Waals surface area contributed by atoms with Gasteiger partial charge in [-0.05, 0) is 40.1 Å². The van der Waals surface area contributed by atoms with Crippen LogP contribution in [0.1, 0.15) is 15.2 Å². The number of carbonyl (C=O) groups is 1. The normalized spacial score (nSPS) is 10.6.